The van der Waals surface area contributed by atoms with Crippen LogP contribution < -0.4 is 4.90 Å². The summed E-state index contributed by atoms with van der Waals surface area (Å²) in [6.45, 7) is 3.71. The quantitative estimate of drug-likeness (QED) is 0.445. The van der Waals surface area contributed by atoms with E-state index in [9.17, 15) is 8.42 Å². The van der Waals surface area contributed by atoms with Gasteiger partial charge in [-0.25, -0.2) is 8.42 Å². The van der Waals surface area contributed by atoms with E-state index < -0.39 is 9.84 Å². The minimum absolute atomic E-state index is 0.256. The fourth-order valence-electron chi connectivity index (χ4n) is 4.29. The van der Waals surface area contributed by atoms with Gasteiger partial charge in [-0.15, -0.1) is 0 Å². The van der Waals surface area contributed by atoms with Gasteiger partial charge in [0.15, 0.2) is 0 Å². The minimum atomic E-state index is -3.60. The lowest BCUT2D eigenvalue weighted by atomic mass is 9.90. The first-order valence-corrected chi connectivity index (χ1v) is 10.8. The molecule has 2 aromatic carbocycles. The normalized spacial score (nSPS) is 17.2. The van der Waals surface area contributed by atoms with E-state index >= 15 is 0 Å². The molecule has 0 fully saturated rings. The van der Waals surface area contributed by atoms with Crippen molar-refractivity contribution < 1.29 is 12.8 Å². The van der Waals surface area contributed by atoms with Crippen LogP contribution in [0.5, 0.6) is 0 Å². The number of benzene rings is 2. The van der Waals surface area contributed by atoms with Gasteiger partial charge in [-0.2, -0.15) is 0 Å². The molecule has 1 aliphatic carbocycles. The Bertz CT molecular complexity index is 1170. The van der Waals surface area contributed by atoms with Crippen molar-refractivity contribution in [1.82, 2.24) is 0 Å². The Morgan fingerprint density at radius 2 is 1.74 bits per heavy atom. The molecule has 1 aromatic heterocycles. The number of hydrogen-bond donors (Lipinski definition) is 0. The molecule has 0 atom stereocenters. The number of fused-ring (bicyclic) bond motifs is 3. The molecule has 1 aliphatic heterocycles. The largest absolute Gasteiger partial charge is 0.444 e. The summed E-state index contributed by atoms with van der Waals surface area (Å²) >= 11 is 0. The molecule has 0 N–H and O–H groups in total. The summed E-state index contributed by atoms with van der Waals surface area (Å²) < 4.78 is 32.4. The van der Waals surface area contributed by atoms with E-state index in [1.807, 2.05) is 24.0 Å². The molecule has 138 valence electrons. The van der Waals surface area contributed by atoms with E-state index in [0.717, 1.165) is 30.5 Å². The number of nitrogens with zero attached hydrogens (tertiary/aromatic N) is 1. The molecule has 4 nitrogen and oxygen atoms in total. The van der Waals surface area contributed by atoms with Crippen LogP contribution >= 0.6 is 0 Å². The van der Waals surface area contributed by atoms with Gasteiger partial charge in [0.2, 0.25) is 15.7 Å². The summed E-state index contributed by atoms with van der Waals surface area (Å²) in [4.78, 5) is 2.61. The Kier molecular flexibility index (Phi) is 3.53. The maximum atomic E-state index is 13.2. The van der Waals surface area contributed by atoms with Crippen molar-refractivity contribution in [2.45, 2.75) is 49.3 Å². The monoisotopic (exact) mass is 379 g/mol. The molecule has 5 heteroatoms. The highest BCUT2D eigenvalue weighted by Crippen LogP contribution is 2.50. The Labute approximate surface area is 159 Å². The molecule has 0 bridgehead atoms. The van der Waals surface area contributed by atoms with Gasteiger partial charge >= 0.3 is 0 Å². The molecular weight excluding hydrogens is 358 g/mol. The van der Waals surface area contributed by atoms with Gasteiger partial charge < -0.3 is 4.42 Å². The van der Waals surface area contributed by atoms with Crippen LogP contribution in [0.25, 0.3) is 0 Å². The van der Waals surface area contributed by atoms with Crippen LogP contribution in [0.1, 0.15) is 35.3 Å². The summed E-state index contributed by atoms with van der Waals surface area (Å²) in [5.41, 5.74) is 5.28. The molecule has 27 heavy (non-hydrogen) atoms. The predicted octanol–water partition coefficient (Wildman–Crippen LogP) is 5.39. The summed E-state index contributed by atoms with van der Waals surface area (Å²) in [7, 11) is -3.60. The van der Waals surface area contributed by atoms with Crippen molar-refractivity contribution >= 4 is 27.1 Å². The number of rotatable bonds is 1. The summed E-state index contributed by atoms with van der Waals surface area (Å²) in [5.74, 6) is 1.01. The highest BCUT2D eigenvalue weighted by molar-refractivity contribution is 7.92. The predicted molar refractivity (Wildman–Crippen MR) is 105 cm³/mol. The third kappa shape index (κ3) is 2.38. The number of anilines is 3. The second kappa shape index (κ2) is 5.73. The van der Waals surface area contributed by atoms with Gasteiger partial charge in [-0.05, 0) is 74.4 Å². The molecule has 0 radical (unpaired) electrons. The molecule has 3 aromatic rings. The van der Waals surface area contributed by atoms with Crippen molar-refractivity contribution in [2.24, 2.45) is 0 Å². The summed E-state index contributed by atoms with van der Waals surface area (Å²) in [5, 5.41) is 0. The second-order valence-corrected chi connectivity index (χ2v) is 9.34. The lowest BCUT2D eigenvalue weighted by molar-refractivity contribution is 0.532. The van der Waals surface area contributed by atoms with E-state index in [2.05, 4.69) is 18.2 Å². The average Bonchev–Trinajstić information content (AvgIpc) is 3.05. The van der Waals surface area contributed by atoms with Gasteiger partial charge in [0.1, 0.15) is 10.7 Å². The van der Waals surface area contributed by atoms with Crippen LogP contribution in [0, 0.1) is 13.8 Å². The fourth-order valence-corrected chi connectivity index (χ4v) is 5.98. The summed E-state index contributed by atoms with van der Waals surface area (Å²) in [6, 6.07) is 13.6. The molecule has 2 aliphatic rings. The first kappa shape index (κ1) is 16.6. The van der Waals surface area contributed by atoms with Gasteiger partial charge in [0, 0.05) is 6.07 Å². The zero-order chi connectivity index (χ0) is 18.8. The first-order chi connectivity index (χ1) is 13.0. The van der Waals surface area contributed by atoms with Crippen LogP contribution in [0.2, 0.25) is 0 Å². The lowest BCUT2D eigenvalue weighted by Crippen LogP contribution is -2.23. The number of furan rings is 1. The van der Waals surface area contributed by atoms with E-state index in [1.165, 1.54) is 17.5 Å². The third-order valence-electron chi connectivity index (χ3n) is 5.55. The van der Waals surface area contributed by atoms with Crippen molar-refractivity contribution in [3.05, 3.63) is 64.9 Å². The smallest absolute Gasteiger partial charge is 0.223 e. The van der Waals surface area contributed by atoms with Crippen LogP contribution in [0.3, 0.4) is 0 Å². The van der Waals surface area contributed by atoms with Crippen LogP contribution in [-0.4, -0.2) is 8.42 Å². The zero-order valence-corrected chi connectivity index (χ0v) is 16.3. The van der Waals surface area contributed by atoms with Gasteiger partial charge in [0.05, 0.1) is 16.3 Å². The Hall–Kier alpha value is -2.53. The van der Waals surface area contributed by atoms with Crippen LogP contribution in [0.15, 0.2) is 56.7 Å². The standard InChI is InChI=1S/C22H21NO3S/c1-14-10-11-19-20(12-14)27(24,25)21-13-15(2)26-22(21)23(19)18-9-5-7-16-6-3-4-8-17(16)18/h5,7,9-13H,3-4,6,8H2,1-2H3. The molecule has 0 saturated heterocycles. The fraction of sp³-hybridized carbons (Fsp3) is 0.273. The SMILES string of the molecule is Cc1ccc2c(c1)S(=O)(=O)c1cc(C)oc1N2c1cccc2c1CCCC2. The molecule has 0 amide bonds. The minimum Gasteiger partial charge on any atom is -0.444 e. The Morgan fingerprint density at radius 3 is 2.59 bits per heavy atom. The molecule has 0 unspecified atom stereocenters. The molecule has 0 saturated carbocycles. The van der Waals surface area contributed by atoms with Gasteiger partial charge in [0.25, 0.3) is 0 Å². The maximum absolute atomic E-state index is 13.2. The second-order valence-electron chi connectivity index (χ2n) is 7.46. The van der Waals surface area contributed by atoms with Crippen molar-refractivity contribution in [1.29, 1.82) is 0 Å². The first-order valence-electron chi connectivity index (χ1n) is 9.34. The highest BCUT2D eigenvalue weighted by atomic mass is 32.2. The molecular formula is C22H21NO3S. The van der Waals surface area contributed by atoms with Crippen molar-refractivity contribution in [2.75, 3.05) is 4.90 Å². The average molecular weight is 379 g/mol. The number of hydrogen-bond acceptors (Lipinski definition) is 4. The Balaban J connectivity index is 1.85. The highest BCUT2D eigenvalue weighted by Gasteiger charge is 2.39. The van der Waals surface area contributed by atoms with Crippen molar-refractivity contribution in [3.63, 3.8) is 0 Å². The molecule has 5 rings (SSSR count). The van der Waals surface area contributed by atoms with Crippen LogP contribution in [-0.2, 0) is 22.7 Å². The third-order valence-corrected chi connectivity index (χ3v) is 7.33. The van der Waals surface area contributed by atoms with Crippen LogP contribution in [0.4, 0.5) is 17.3 Å². The zero-order valence-electron chi connectivity index (χ0n) is 15.5. The maximum Gasteiger partial charge on any atom is 0.223 e. The molecule has 0 spiro atoms. The topological polar surface area (TPSA) is 50.5 Å². The van der Waals surface area contributed by atoms with Gasteiger partial charge in [-0.3, -0.25) is 4.90 Å². The van der Waals surface area contributed by atoms with E-state index in [4.69, 9.17) is 4.42 Å². The summed E-state index contributed by atoms with van der Waals surface area (Å²) in [6.07, 6.45) is 4.43. The van der Waals surface area contributed by atoms with E-state index in [0.29, 0.717) is 22.2 Å². The Morgan fingerprint density at radius 1 is 0.926 bits per heavy atom. The van der Waals surface area contributed by atoms with E-state index in [1.54, 1.807) is 19.1 Å². The van der Waals surface area contributed by atoms with E-state index in [-0.39, 0.29) is 4.90 Å². The van der Waals surface area contributed by atoms with Crippen molar-refractivity contribution in [3.8, 4) is 0 Å². The van der Waals surface area contributed by atoms with Gasteiger partial charge in [-0.1, -0.05) is 18.2 Å². The number of sulfone groups is 1. The number of aryl methyl sites for hydroxylation is 3. The molecule has 2 heterocycles. The lowest BCUT2D eigenvalue weighted by Gasteiger charge is -2.32.